The van der Waals surface area contributed by atoms with E-state index in [0.717, 1.165) is 10.9 Å². The summed E-state index contributed by atoms with van der Waals surface area (Å²) in [5.74, 6) is 0. The molecule has 1 atom stereocenters. The van der Waals surface area contributed by atoms with Crippen LogP contribution < -0.4 is 5.32 Å². The van der Waals surface area contributed by atoms with Crippen LogP contribution in [-0.4, -0.2) is 12.0 Å². The minimum Gasteiger partial charge on any atom is -0.313 e. The molecule has 0 saturated carbocycles. The molecule has 3 heteroatoms. The Bertz CT molecular complexity index is 566. The van der Waals surface area contributed by atoms with Crippen LogP contribution in [-0.2, 0) is 6.42 Å². The standard InChI is InChI=1S/C16H19BrN2/c1-11-4-5-12(2)13(6-11)8-16(18-3)14-7-15(17)10-19-9-14/h4-7,9-10,16,18H,8H2,1-3H3. The Morgan fingerprint density at radius 1 is 1.21 bits per heavy atom. The summed E-state index contributed by atoms with van der Waals surface area (Å²) in [7, 11) is 2.00. The van der Waals surface area contributed by atoms with Crippen LogP contribution in [0.2, 0.25) is 0 Å². The number of hydrogen-bond donors (Lipinski definition) is 1. The number of nitrogens with one attached hydrogen (secondary N) is 1. The highest BCUT2D eigenvalue weighted by Gasteiger charge is 2.12. The average Bonchev–Trinajstić information content (AvgIpc) is 2.39. The number of aryl methyl sites for hydroxylation is 2. The maximum absolute atomic E-state index is 4.25. The molecule has 1 unspecified atom stereocenters. The number of nitrogens with zero attached hydrogens (tertiary/aromatic N) is 1. The van der Waals surface area contributed by atoms with Gasteiger partial charge in [-0.2, -0.15) is 0 Å². The van der Waals surface area contributed by atoms with Crippen molar-refractivity contribution in [3.8, 4) is 0 Å². The molecule has 1 heterocycles. The Balaban J connectivity index is 2.26. The summed E-state index contributed by atoms with van der Waals surface area (Å²) in [5.41, 5.74) is 5.24. The van der Waals surface area contributed by atoms with Gasteiger partial charge in [0, 0.05) is 22.9 Å². The van der Waals surface area contributed by atoms with E-state index in [0.29, 0.717) is 0 Å². The summed E-state index contributed by atoms with van der Waals surface area (Å²) >= 11 is 3.48. The Hall–Kier alpha value is -1.19. The Kier molecular flexibility index (Phi) is 4.72. The van der Waals surface area contributed by atoms with Gasteiger partial charge >= 0.3 is 0 Å². The molecule has 0 aliphatic heterocycles. The third-order valence-corrected chi connectivity index (χ3v) is 3.84. The van der Waals surface area contributed by atoms with Gasteiger partial charge in [-0.3, -0.25) is 4.98 Å². The van der Waals surface area contributed by atoms with Crippen molar-refractivity contribution >= 4 is 15.9 Å². The summed E-state index contributed by atoms with van der Waals surface area (Å²) in [6, 6.07) is 9.03. The van der Waals surface area contributed by atoms with Gasteiger partial charge in [0.15, 0.2) is 0 Å². The van der Waals surface area contributed by atoms with Gasteiger partial charge in [-0.05, 0) is 66.0 Å². The summed E-state index contributed by atoms with van der Waals surface area (Å²) in [4.78, 5) is 4.25. The van der Waals surface area contributed by atoms with Crippen molar-refractivity contribution in [2.75, 3.05) is 7.05 Å². The van der Waals surface area contributed by atoms with E-state index in [9.17, 15) is 0 Å². The molecule has 2 nitrogen and oxygen atoms in total. The maximum atomic E-state index is 4.25. The number of hydrogen-bond acceptors (Lipinski definition) is 2. The molecule has 0 fully saturated rings. The van der Waals surface area contributed by atoms with E-state index in [1.165, 1.54) is 22.3 Å². The van der Waals surface area contributed by atoms with E-state index in [1.807, 2.05) is 19.4 Å². The predicted octanol–water partition coefficient (Wildman–Crippen LogP) is 3.96. The summed E-state index contributed by atoms with van der Waals surface area (Å²) < 4.78 is 1.02. The fraction of sp³-hybridized carbons (Fsp3) is 0.312. The quantitative estimate of drug-likeness (QED) is 0.922. The van der Waals surface area contributed by atoms with E-state index in [2.05, 4.69) is 64.3 Å². The third-order valence-electron chi connectivity index (χ3n) is 3.41. The minimum absolute atomic E-state index is 0.283. The smallest absolute Gasteiger partial charge is 0.0410 e. The van der Waals surface area contributed by atoms with Crippen molar-refractivity contribution in [3.63, 3.8) is 0 Å². The molecular formula is C16H19BrN2. The largest absolute Gasteiger partial charge is 0.313 e. The van der Waals surface area contributed by atoms with Crippen LogP contribution >= 0.6 is 15.9 Å². The molecule has 0 spiro atoms. The second kappa shape index (κ2) is 6.31. The van der Waals surface area contributed by atoms with Crippen molar-refractivity contribution in [2.24, 2.45) is 0 Å². The van der Waals surface area contributed by atoms with Gasteiger partial charge < -0.3 is 5.32 Å². The molecular weight excluding hydrogens is 300 g/mol. The highest BCUT2D eigenvalue weighted by molar-refractivity contribution is 9.10. The maximum Gasteiger partial charge on any atom is 0.0410 e. The van der Waals surface area contributed by atoms with Crippen LogP contribution in [0.25, 0.3) is 0 Å². The summed E-state index contributed by atoms with van der Waals surface area (Å²) in [6.07, 6.45) is 4.72. The number of halogens is 1. The zero-order valence-electron chi connectivity index (χ0n) is 11.6. The number of aromatic nitrogens is 1. The number of likely N-dealkylation sites (N-methyl/N-ethyl adjacent to an activating group) is 1. The van der Waals surface area contributed by atoms with E-state index < -0.39 is 0 Å². The first kappa shape index (κ1) is 14.2. The van der Waals surface area contributed by atoms with Gasteiger partial charge in [-0.25, -0.2) is 0 Å². The SMILES string of the molecule is CNC(Cc1cc(C)ccc1C)c1cncc(Br)c1. The average molecular weight is 319 g/mol. The molecule has 100 valence electrons. The molecule has 0 saturated heterocycles. The number of pyridine rings is 1. The highest BCUT2D eigenvalue weighted by atomic mass is 79.9. The fourth-order valence-electron chi connectivity index (χ4n) is 2.25. The van der Waals surface area contributed by atoms with Crippen molar-refractivity contribution in [3.05, 3.63) is 63.4 Å². The van der Waals surface area contributed by atoms with Crippen molar-refractivity contribution in [2.45, 2.75) is 26.3 Å². The summed E-state index contributed by atoms with van der Waals surface area (Å²) in [6.45, 7) is 4.30. The first-order chi connectivity index (χ1) is 9.10. The minimum atomic E-state index is 0.283. The lowest BCUT2D eigenvalue weighted by atomic mass is 9.96. The van der Waals surface area contributed by atoms with Gasteiger partial charge in [0.05, 0.1) is 0 Å². The molecule has 2 aromatic rings. The molecule has 1 N–H and O–H groups in total. The normalized spacial score (nSPS) is 12.4. The van der Waals surface area contributed by atoms with Crippen molar-refractivity contribution < 1.29 is 0 Å². The second-order valence-corrected chi connectivity index (χ2v) is 5.83. The van der Waals surface area contributed by atoms with Gasteiger partial charge in [0.2, 0.25) is 0 Å². The van der Waals surface area contributed by atoms with Crippen molar-refractivity contribution in [1.82, 2.24) is 10.3 Å². The van der Waals surface area contributed by atoms with Gasteiger partial charge in [-0.1, -0.05) is 23.8 Å². The molecule has 0 bridgehead atoms. The Morgan fingerprint density at radius 3 is 2.68 bits per heavy atom. The third kappa shape index (κ3) is 3.64. The first-order valence-corrected chi connectivity index (χ1v) is 7.23. The molecule has 0 amide bonds. The van der Waals surface area contributed by atoms with Crippen LogP contribution in [0.3, 0.4) is 0 Å². The predicted molar refractivity (Wildman–Crippen MR) is 83.4 cm³/mol. The van der Waals surface area contributed by atoms with E-state index in [1.54, 1.807) is 0 Å². The Labute approximate surface area is 123 Å². The van der Waals surface area contributed by atoms with E-state index in [4.69, 9.17) is 0 Å². The molecule has 19 heavy (non-hydrogen) atoms. The van der Waals surface area contributed by atoms with Crippen molar-refractivity contribution in [1.29, 1.82) is 0 Å². The molecule has 2 rings (SSSR count). The van der Waals surface area contributed by atoms with Crippen LogP contribution in [0, 0.1) is 13.8 Å². The lowest BCUT2D eigenvalue weighted by Crippen LogP contribution is -2.19. The lowest BCUT2D eigenvalue weighted by molar-refractivity contribution is 0.588. The summed E-state index contributed by atoms with van der Waals surface area (Å²) in [5, 5.41) is 3.38. The van der Waals surface area contributed by atoms with E-state index in [-0.39, 0.29) is 6.04 Å². The lowest BCUT2D eigenvalue weighted by Gasteiger charge is -2.18. The highest BCUT2D eigenvalue weighted by Crippen LogP contribution is 2.22. The number of rotatable bonds is 4. The molecule has 0 radical (unpaired) electrons. The first-order valence-electron chi connectivity index (χ1n) is 6.44. The van der Waals surface area contributed by atoms with Crippen LogP contribution in [0.15, 0.2) is 41.1 Å². The van der Waals surface area contributed by atoms with Gasteiger partial charge in [0.1, 0.15) is 0 Å². The zero-order chi connectivity index (χ0) is 13.8. The number of benzene rings is 1. The monoisotopic (exact) mass is 318 g/mol. The molecule has 1 aromatic heterocycles. The molecule has 1 aromatic carbocycles. The van der Waals surface area contributed by atoms with Crippen LogP contribution in [0.5, 0.6) is 0 Å². The van der Waals surface area contributed by atoms with Crippen LogP contribution in [0.1, 0.15) is 28.3 Å². The second-order valence-electron chi connectivity index (χ2n) is 4.91. The van der Waals surface area contributed by atoms with Gasteiger partial charge in [-0.15, -0.1) is 0 Å². The van der Waals surface area contributed by atoms with E-state index >= 15 is 0 Å². The van der Waals surface area contributed by atoms with Crippen LogP contribution in [0.4, 0.5) is 0 Å². The molecule has 0 aliphatic carbocycles. The topological polar surface area (TPSA) is 24.9 Å². The van der Waals surface area contributed by atoms with Gasteiger partial charge in [0.25, 0.3) is 0 Å². The zero-order valence-corrected chi connectivity index (χ0v) is 13.2. The Morgan fingerprint density at radius 2 is 2.00 bits per heavy atom. The fourth-order valence-corrected chi connectivity index (χ4v) is 2.63. The molecule has 0 aliphatic rings.